The zero-order chi connectivity index (χ0) is 20.6. The highest BCUT2D eigenvalue weighted by molar-refractivity contribution is 7.89. The summed E-state index contributed by atoms with van der Waals surface area (Å²) in [5, 5.41) is 4.68. The van der Waals surface area contributed by atoms with Crippen molar-refractivity contribution in [1.29, 1.82) is 0 Å². The minimum absolute atomic E-state index is 0.0185. The van der Waals surface area contributed by atoms with E-state index in [0.717, 1.165) is 50.6 Å². The van der Waals surface area contributed by atoms with Gasteiger partial charge in [0, 0.05) is 24.8 Å². The van der Waals surface area contributed by atoms with Gasteiger partial charge in [0.15, 0.2) is 0 Å². The lowest BCUT2D eigenvalue weighted by Gasteiger charge is -2.28. The highest BCUT2D eigenvalue weighted by Gasteiger charge is 2.37. The van der Waals surface area contributed by atoms with Gasteiger partial charge >= 0.3 is 0 Å². The number of methoxy groups -OCH3 is 2. The van der Waals surface area contributed by atoms with Crippen molar-refractivity contribution in [2.24, 2.45) is 7.05 Å². The summed E-state index contributed by atoms with van der Waals surface area (Å²) in [5.41, 5.74) is 3.35. The number of fused-ring (bicyclic) bond motifs is 1. The molecule has 29 heavy (non-hydrogen) atoms. The molecule has 8 heteroatoms. The van der Waals surface area contributed by atoms with E-state index in [4.69, 9.17) is 9.47 Å². The summed E-state index contributed by atoms with van der Waals surface area (Å²) in [6.07, 6.45) is 6.94. The van der Waals surface area contributed by atoms with E-state index in [2.05, 4.69) is 5.10 Å². The molecule has 0 radical (unpaired) electrons. The highest BCUT2D eigenvalue weighted by Crippen LogP contribution is 2.36. The summed E-state index contributed by atoms with van der Waals surface area (Å²) in [6.45, 7) is 0.302. The van der Waals surface area contributed by atoms with Crippen molar-refractivity contribution in [3.63, 3.8) is 0 Å². The minimum Gasteiger partial charge on any atom is -0.497 e. The number of aryl methyl sites for hydroxylation is 1. The largest absolute Gasteiger partial charge is 0.497 e. The van der Waals surface area contributed by atoms with Gasteiger partial charge in [-0.2, -0.15) is 9.40 Å². The Bertz CT molecular complexity index is 994. The maximum absolute atomic E-state index is 13.8. The standard InChI is InChI=1S/C21H29N3O4S/c1-23-19-10-6-9-17(19)18(22-23)14-24(15-7-4-5-8-15)29(25,26)21-13-16(27-2)11-12-20(21)28-3/h11-13,15H,4-10,14H2,1-3H3. The molecule has 7 nitrogen and oxygen atoms in total. The summed E-state index contributed by atoms with van der Waals surface area (Å²) >= 11 is 0. The van der Waals surface area contributed by atoms with E-state index in [1.165, 1.54) is 25.5 Å². The van der Waals surface area contributed by atoms with Gasteiger partial charge in [-0.25, -0.2) is 8.42 Å². The molecule has 4 rings (SSSR count). The normalized spacial score (nSPS) is 17.1. The van der Waals surface area contributed by atoms with Crippen LogP contribution < -0.4 is 9.47 Å². The molecular weight excluding hydrogens is 390 g/mol. The predicted octanol–water partition coefficient (Wildman–Crippen LogP) is 3.06. The molecule has 0 atom stereocenters. The zero-order valence-corrected chi connectivity index (χ0v) is 18.2. The molecule has 0 unspecified atom stereocenters. The first-order valence-corrected chi connectivity index (χ1v) is 11.7. The molecule has 1 aromatic heterocycles. The molecule has 2 aliphatic rings. The Kier molecular flexibility index (Phi) is 5.57. The fourth-order valence-electron chi connectivity index (χ4n) is 4.69. The first-order valence-electron chi connectivity index (χ1n) is 10.2. The topological polar surface area (TPSA) is 73.7 Å². The number of aromatic nitrogens is 2. The molecule has 2 aliphatic carbocycles. The van der Waals surface area contributed by atoms with Crippen LogP contribution in [-0.4, -0.2) is 42.8 Å². The van der Waals surface area contributed by atoms with Gasteiger partial charge in [0.2, 0.25) is 10.0 Å². The summed E-state index contributed by atoms with van der Waals surface area (Å²) in [5.74, 6) is 0.828. The van der Waals surface area contributed by atoms with Crippen molar-refractivity contribution in [3.05, 3.63) is 35.2 Å². The molecule has 1 aromatic carbocycles. The molecule has 0 spiro atoms. The van der Waals surface area contributed by atoms with Crippen molar-refractivity contribution >= 4 is 10.0 Å². The van der Waals surface area contributed by atoms with Crippen molar-refractivity contribution in [1.82, 2.24) is 14.1 Å². The van der Waals surface area contributed by atoms with Crippen LogP contribution in [-0.2, 0) is 36.5 Å². The molecule has 0 N–H and O–H groups in total. The molecule has 1 fully saturated rings. The number of ether oxygens (including phenoxy) is 2. The Balaban J connectivity index is 1.77. The van der Waals surface area contributed by atoms with Gasteiger partial charge in [-0.15, -0.1) is 0 Å². The Hall–Kier alpha value is -2.06. The monoisotopic (exact) mass is 419 g/mol. The van der Waals surface area contributed by atoms with Crippen LogP contribution in [0.5, 0.6) is 11.5 Å². The molecule has 0 amide bonds. The van der Waals surface area contributed by atoms with Gasteiger partial charge in [-0.3, -0.25) is 4.68 Å². The number of nitrogens with zero attached hydrogens (tertiary/aromatic N) is 3. The Labute approximate surface area is 172 Å². The van der Waals surface area contributed by atoms with E-state index in [1.54, 1.807) is 22.5 Å². The summed E-state index contributed by atoms with van der Waals surface area (Å²) in [7, 11) is 1.19. The van der Waals surface area contributed by atoms with Gasteiger partial charge in [0.05, 0.1) is 26.5 Å². The lowest BCUT2D eigenvalue weighted by atomic mass is 10.2. The highest BCUT2D eigenvalue weighted by atomic mass is 32.2. The quantitative estimate of drug-likeness (QED) is 0.690. The number of benzene rings is 1. The van der Waals surface area contributed by atoms with Crippen LogP contribution in [0.3, 0.4) is 0 Å². The first-order chi connectivity index (χ1) is 14.0. The van der Waals surface area contributed by atoms with Gasteiger partial charge in [-0.1, -0.05) is 12.8 Å². The lowest BCUT2D eigenvalue weighted by molar-refractivity contribution is 0.308. The maximum Gasteiger partial charge on any atom is 0.247 e. The predicted molar refractivity (Wildman–Crippen MR) is 110 cm³/mol. The minimum atomic E-state index is -3.79. The van der Waals surface area contributed by atoms with Gasteiger partial charge in [-0.05, 0) is 49.8 Å². The van der Waals surface area contributed by atoms with Crippen molar-refractivity contribution in [3.8, 4) is 11.5 Å². The van der Waals surface area contributed by atoms with Crippen LogP contribution in [0.15, 0.2) is 23.1 Å². The summed E-state index contributed by atoms with van der Waals surface area (Å²) in [6, 6.07) is 4.90. The zero-order valence-electron chi connectivity index (χ0n) is 17.3. The number of hydrogen-bond acceptors (Lipinski definition) is 5. The van der Waals surface area contributed by atoms with Gasteiger partial charge in [0.25, 0.3) is 0 Å². The lowest BCUT2D eigenvalue weighted by Crippen LogP contribution is -2.38. The molecule has 0 aliphatic heterocycles. The van der Waals surface area contributed by atoms with Crippen molar-refractivity contribution in [2.45, 2.75) is 62.4 Å². The molecule has 158 valence electrons. The SMILES string of the molecule is COc1ccc(OC)c(S(=O)(=O)N(Cc2nn(C)c3c2CCC3)C2CCCC2)c1. The second-order valence-corrected chi connectivity index (χ2v) is 9.71. The number of sulfonamides is 1. The van der Waals surface area contributed by atoms with Crippen LogP contribution in [0.4, 0.5) is 0 Å². The van der Waals surface area contributed by atoms with Gasteiger partial charge < -0.3 is 9.47 Å². The smallest absolute Gasteiger partial charge is 0.247 e. The molecule has 0 bridgehead atoms. The second-order valence-electron chi connectivity index (χ2n) is 7.85. The third kappa shape index (κ3) is 3.64. The van der Waals surface area contributed by atoms with Crippen LogP contribution in [0.1, 0.15) is 49.1 Å². The van der Waals surface area contributed by atoms with Crippen LogP contribution in [0.25, 0.3) is 0 Å². The van der Waals surface area contributed by atoms with Crippen LogP contribution in [0.2, 0.25) is 0 Å². The molecule has 0 saturated heterocycles. The van der Waals surface area contributed by atoms with Crippen LogP contribution >= 0.6 is 0 Å². The third-order valence-corrected chi connectivity index (χ3v) is 8.11. The Morgan fingerprint density at radius 3 is 2.59 bits per heavy atom. The van der Waals surface area contributed by atoms with E-state index in [9.17, 15) is 8.42 Å². The van der Waals surface area contributed by atoms with E-state index in [0.29, 0.717) is 18.0 Å². The second kappa shape index (κ2) is 7.99. The molecular formula is C21H29N3O4S. The Morgan fingerprint density at radius 1 is 1.14 bits per heavy atom. The molecule has 1 heterocycles. The Morgan fingerprint density at radius 2 is 1.90 bits per heavy atom. The summed E-state index contributed by atoms with van der Waals surface area (Å²) < 4.78 is 41.9. The van der Waals surface area contributed by atoms with E-state index in [1.807, 2.05) is 11.7 Å². The van der Waals surface area contributed by atoms with Crippen LogP contribution in [0, 0.1) is 0 Å². The molecule has 1 saturated carbocycles. The number of hydrogen-bond donors (Lipinski definition) is 0. The third-order valence-electron chi connectivity index (χ3n) is 6.19. The fourth-order valence-corrected chi connectivity index (χ4v) is 6.51. The van der Waals surface area contributed by atoms with Crippen molar-refractivity contribution in [2.75, 3.05) is 14.2 Å². The number of rotatable bonds is 7. The van der Waals surface area contributed by atoms with E-state index >= 15 is 0 Å². The summed E-state index contributed by atoms with van der Waals surface area (Å²) in [4.78, 5) is 0.152. The van der Waals surface area contributed by atoms with E-state index < -0.39 is 10.0 Å². The maximum atomic E-state index is 13.8. The fraction of sp³-hybridized carbons (Fsp3) is 0.571. The van der Waals surface area contributed by atoms with Gasteiger partial charge in [0.1, 0.15) is 16.4 Å². The molecule has 2 aromatic rings. The first kappa shape index (κ1) is 20.2. The van der Waals surface area contributed by atoms with E-state index in [-0.39, 0.29) is 10.9 Å². The average molecular weight is 420 g/mol. The van der Waals surface area contributed by atoms with Crippen molar-refractivity contribution < 1.29 is 17.9 Å². The average Bonchev–Trinajstić information content (AvgIpc) is 3.46.